The Morgan fingerprint density at radius 2 is 2.10 bits per heavy atom. The molecule has 0 aliphatic carbocycles. The van der Waals surface area contributed by atoms with Crippen molar-refractivity contribution in [2.45, 2.75) is 47.1 Å². The predicted octanol–water partition coefficient (Wildman–Crippen LogP) is 2.88. The molecule has 0 fully saturated rings. The summed E-state index contributed by atoms with van der Waals surface area (Å²) in [6, 6.07) is 6.04. The highest BCUT2D eigenvalue weighted by atomic mass is 15.2. The minimum absolute atomic E-state index is 0.612. The van der Waals surface area contributed by atoms with Gasteiger partial charge in [0.05, 0.1) is 12.2 Å². The SMILES string of the molecule is CCNC(=NCc1cccc(C)n1)NCCCC(C)C. The van der Waals surface area contributed by atoms with E-state index >= 15 is 0 Å². The van der Waals surface area contributed by atoms with E-state index in [1.807, 2.05) is 25.1 Å². The van der Waals surface area contributed by atoms with Gasteiger partial charge >= 0.3 is 0 Å². The largest absolute Gasteiger partial charge is 0.357 e. The molecule has 0 saturated carbocycles. The van der Waals surface area contributed by atoms with Gasteiger partial charge in [0.2, 0.25) is 0 Å². The lowest BCUT2D eigenvalue weighted by Crippen LogP contribution is -2.37. The van der Waals surface area contributed by atoms with Crippen LogP contribution in [-0.2, 0) is 6.54 Å². The van der Waals surface area contributed by atoms with E-state index in [4.69, 9.17) is 0 Å². The standard InChI is InChI=1S/C16H28N4/c1-5-17-16(18-11-7-8-13(2)3)19-12-15-10-6-9-14(4)20-15/h6,9-10,13H,5,7-8,11-12H2,1-4H3,(H2,17,18,19). The van der Waals surface area contributed by atoms with Gasteiger partial charge in [0.25, 0.3) is 0 Å². The summed E-state index contributed by atoms with van der Waals surface area (Å²) in [5, 5.41) is 6.64. The van der Waals surface area contributed by atoms with Gasteiger partial charge in [0.15, 0.2) is 5.96 Å². The first-order valence-electron chi connectivity index (χ1n) is 7.56. The van der Waals surface area contributed by atoms with Crippen molar-refractivity contribution in [2.75, 3.05) is 13.1 Å². The Morgan fingerprint density at radius 3 is 2.75 bits per heavy atom. The topological polar surface area (TPSA) is 49.3 Å². The maximum Gasteiger partial charge on any atom is 0.191 e. The molecule has 1 aromatic heterocycles. The fraction of sp³-hybridized carbons (Fsp3) is 0.625. The second-order valence-electron chi connectivity index (χ2n) is 5.43. The molecule has 112 valence electrons. The van der Waals surface area contributed by atoms with E-state index < -0.39 is 0 Å². The lowest BCUT2D eigenvalue weighted by atomic mass is 10.1. The van der Waals surface area contributed by atoms with Crippen LogP contribution in [0.15, 0.2) is 23.2 Å². The number of nitrogens with zero attached hydrogens (tertiary/aromatic N) is 2. The van der Waals surface area contributed by atoms with Crippen molar-refractivity contribution in [1.82, 2.24) is 15.6 Å². The van der Waals surface area contributed by atoms with Crippen LogP contribution in [0, 0.1) is 12.8 Å². The first-order chi connectivity index (χ1) is 9.61. The van der Waals surface area contributed by atoms with E-state index in [-0.39, 0.29) is 0 Å². The molecule has 1 aromatic rings. The third-order valence-electron chi connectivity index (χ3n) is 2.94. The summed E-state index contributed by atoms with van der Waals surface area (Å²) in [6.07, 6.45) is 2.41. The van der Waals surface area contributed by atoms with Crippen LogP contribution in [0.1, 0.15) is 45.0 Å². The molecule has 1 rings (SSSR count). The van der Waals surface area contributed by atoms with E-state index in [1.165, 1.54) is 12.8 Å². The van der Waals surface area contributed by atoms with Crippen LogP contribution in [0.5, 0.6) is 0 Å². The zero-order valence-corrected chi connectivity index (χ0v) is 13.2. The van der Waals surface area contributed by atoms with Gasteiger partial charge in [0.1, 0.15) is 0 Å². The van der Waals surface area contributed by atoms with Crippen LogP contribution in [-0.4, -0.2) is 24.0 Å². The average molecular weight is 276 g/mol. The normalized spacial score (nSPS) is 11.8. The Morgan fingerprint density at radius 1 is 1.30 bits per heavy atom. The van der Waals surface area contributed by atoms with Crippen LogP contribution in [0.2, 0.25) is 0 Å². The highest BCUT2D eigenvalue weighted by Crippen LogP contribution is 2.02. The summed E-state index contributed by atoms with van der Waals surface area (Å²) in [4.78, 5) is 9.04. The smallest absolute Gasteiger partial charge is 0.191 e. The van der Waals surface area contributed by atoms with E-state index in [0.717, 1.165) is 36.4 Å². The summed E-state index contributed by atoms with van der Waals surface area (Å²) in [5.74, 6) is 1.63. The molecule has 20 heavy (non-hydrogen) atoms. The quantitative estimate of drug-likeness (QED) is 0.457. The Balaban J connectivity index is 2.45. The van der Waals surface area contributed by atoms with Crippen molar-refractivity contribution >= 4 is 5.96 Å². The second kappa shape index (κ2) is 9.34. The van der Waals surface area contributed by atoms with Gasteiger partial charge in [-0.15, -0.1) is 0 Å². The van der Waals surface area contributed by atoms with Crippen LogP contribution in [0.3, 0.4) is 0 Å². The van der Waals surface area contributed by atoms with E-state index in [0.29, 0.717) is 6.54 Å². The monoisotopic (exact) mass is 276 g/mol. The number of aryl methyl sites for hydroxylation is 1. The fourth-order valence-corrected chi connectivity index (χ4v) is 1.91. The van der Waals surface area contributed by atoms with Crippen molar-refractivity contribution < 1.29 is 0 Å². The number of hydrogen-bond acceptors (Lipinski definition) is 2. The molecule has 0 aliphatic heterocycles. The maximum atomic E-state index is 4.57. The predicted molar refractivity (Wildman–Crippen MR) is 85.9 cm³/mol. The Hall–Kier alpha value is -1.58. The van der Waals surface area contributed by atoms with Gasteiger partial charge < -0.3 is 10.6 Å². The zero-order valence-electron chi connectivity index (χ0n) is 13.2. The van der Waals surface area contributed by atoms with Crippen molar-refractivity contribution in [3.63, 3.8) is 0 Å². The van der Waals surface area contributed by atoms with E-state index in [9.17, 15) is 0 Å². The molecule has 0 aliphatic rings. The van der Waals surface area contributed by atoms with Gasteiger partial charge in [0, 0.05) is 18.8 Å². The molecule has 2 N–H and O–H groups in total. The van der Waals surface area contributed by atoms with E-state index in [2.05, 4.69) is 41.4 Å². The number of guanidine groups is 1. The zero-order chi connectivity index (χ0) is 14.8. The minimum Gasteiger partial charge on any atom is -0.357 e. The average Bonchev–Trinajstić information content (AvgIpc) is 2.40. The molecule has 4 heteroatoms. The number of aromatic nitrogens is 1. The highest BCUT2D eigenvalue weighted by Gasteiger charge is 1.99. The molecule has 0 atom stereocenters. The summed E-state index contributed by atoms with van der Waals surface area (Å²) in [7, 11) is 0. The third-order valence-corrected chi connectivity index (χ3v) is 2.94. The molecule has 0 aromatic carbocycles. The number of nitrogens with one attached hydrogen (secondary N) is 2. The molecule has 0 unspecified atom stereocenters. The van der Waals surface area contributed by atoms with Crippen molar-refractivity contribution in [1.29, 1.82) is 0 Å². The van der Waals surface area contributed by atoms with Gasteiger partial charge in [-0.05, 0) is 44.7 Å². The number of rotatable bonds is 7. The third kappa shape index (κ3) is 7.12. The molecule has 0 spiro atoms. The van der Waals surface area contributed by atoms with Gasteiger partial charge in [-0.1, -0.05) is 19.9 Å². The summed E-state index contributed by atoms with van der Waals surface area (Å²) in [5.41, 5.74) is 2.04. The van der Waals surface area contributed by atoms with Crippen LogP contribution >= 0.6 is 0 Å². The van der Waals surface area contributed by atoms with E-state index in [1.54, 1.807) is 0 Å². The Labute approximate surface area is 123 Å². The highest BCUT2D eigenvalue weighted by molar-refractivity contribution is 5.79. The van der Waals surface area contributed by atoms with Gasteiger partial charge in [-0.25, -0.2) is 4.99 Å². The minimum atomic E-state index is 0.612. The lowest BCUT2D eigenvalue weighted by molar-refractivity contribution is 0.549. The Kier molecular flexibility index (Phi) is 7.70. The molecular formula is C16H28N4. The summed E-state index contributed by atoms with van der Waals surface area (Å²) in [6.45, 7) is 11.0. The number of hydrogen-bond donors (Lipinski definition) is 2. The maximum absolute atomic E-state index is 4.57. The van der Waals surface area contributed by atoms with Crippen LogP contribution in [0.25, 0.3) is 0 Å². The van der Waals surface area contributed by atoms with Crippen molar-refractivity contribution in [2.24, 2.45) is 10.9 Å². The Bertz CT molecular complexity index is 413. The van der Waals surface area contributed by atoms with Gasteiger partial charge in [-0.3, -0.25) is 4.98 Å². The van der Waals surface area contributed by atoms with Crippen LogP contribution in [0.4, 0.5) is 0 Å². The molecule has 0 saturated heterocycles. The number of aliphatic imine (C=N–C) groups is 1. The fourth-order valence-electron chi connectivity index (χ4n) is 1.91. The molecule has 4 nitrogen and oxygen atoms in total. The molecular weight excluding hydrogens is 248 g/mol. The van der Waals surface area contributed by atoms with Crippen molar-refractivity contribution in [3.8, 4) is 0 Å². The molecule has 0 radical (unpaired) electrons. The van der Waals surface area contributed by atoms with Crippen LogP contribution < -0.4 is 10.6 Å². The summed E-state index contributed by atoms with van der Waals surface area (Å²) >= 11 is 0. The van der Waals surface area contributed by atoms with Crippen molar-refractivity contribution in [3.05, 3.63) is 29.6 Å². The molecule has 0 amide bonds. The first kappa shape index (κ1) is 16.5. The summed E-state index contributed by atoms with van der Waals surface area (Å²) < 4.78 is 0. The molecule has 0 bridgehead atoms. The van der Waals surface area contributed by atoms with Gasteiger partial charge in [-0.2, -0.15) is 0 Å². The lowest BCUT2D eigenvalue weighted by Gasteiger charge is -2.12. The second-order valence-corrected chi connectivity index (χ2v) is 5.43. The first-order valence-corrected chi connectivity index (χ1v) is 7.56. The molecule has 1 heterocycles. The number of pyridine rings is 1.